The lowest BCUT2D eigenvalue weighted by atomic mass is 10.1. The molecule has 0 spiro atoms. The molecule has 4 fully saturated rings. The number of rotatable bonds is 22. The third kappa shape index (κ3) is 18.8. The number of nitrogens with one attached hydrogen (secondary N) is 4. The van der Waals surface area contributed by atoms with Crippen molar-refractivity contribution < 1.29 is 93.4 Å². The van der Waals surface area contributed by atoms with Gasteiger partial charge in [-0.05, 0) is 69.5 Å². The third-order valence-electron chi connectivity index (χ3n) is 18.2. The Morgan fingerprint density at radius 2 is 0.829 bits per heavy atom. The molecule has 48 heteroatoms. The molecule has 16 atom stereocenters. The zero-order chi connectivity index (χ0) is 82.6. The Balaban J connectivity index is 0.000000136. The highest BCUT2D eigenvalue weighted by Crippen LogP contribution is 2.37. The molecule has 4 aliphatic heterocycles. The number of halogens is 4. The number of alkyl halides is 3. The number of thiazole rings is 1. The smallest absolute Gasteiger partial charge is 0.394 e. The van der Waals surface area contributed by atoms with Crippen LogP contribution in [0.5, 0.6) is 0 Å². The monoisotopic (exact) mass is 1700 g/mol. The summed E-state index contributed by atoms with van der Waals surface area (Å²) in [5.41, 5.74) is 18.2. The van der Waals surface area contributed by atoms with E-state index < -0.39 is 136 Å². The van der Waals surface area contributed by atoms with Crippen molar-refractivity contribution in [1.29, 1.82) is 0 Å². The van der Waals surface area contributed by atoms with Gasteiger partial charge in [0.25, 0.3) is 0 Å². The summed E-state index contributed by atoms with van der Waals surface area (Å²) in [6, 6.07) is 16.2. The first kappa shape index (κ1) is 83.4. The molecule has 0 saturated carbocycles. The third-order valence-corrected chi connectivity index (χ3v) is 19.4. The molecule has 4 aliphatic rings. The van der Waals surface area contributed by atoms with Crippen molar-refractivity contribution in [3.05, 3.63) is 167 Å². The van der Waals surface area contributed by atoms with E-state index in [0.717, 1.165) is 32.7 Å². The second kappa shape index (κ2) is 37.6. The van der Waals surface area contributed by atoms with Crippen molar-refractivity contribution in [1.82, 2.24) is 88.0 Å². The molecule has 117 heavy (non-hydrogen) atoms. The lowest BCUT2D eigenvalue weighted by Gasteiger charge is -2.16. The van der Waals surface area contributed by atoms with Gasteiger partial charge in [-0.15, -0.1) is 11.3 Å². The van der Waals surface area contributed by atoms with Crippen LogP contribution < -0.4 is 26.6 Å². The Kier molecular flexibility index (Phi) is 26.8. The molecule has 0 aliphatic carbocycles. The summed E-state index contributed by atoms with van der Waals surface area (Å²) in [5, 5.41) is 134. The fraction of sp³-hybridized carbons (Fsp3) is 0.333. The van der Waals surface area contributed by atoms with E-state index in [1.165, 1.54) is 105 Å². The maximum absolute atomic E-state index is 12.6. The van der Waals surface area contributed by atoms with Crippen LogP contribution in [0.15, 0.2) is 160 Å². The zero-order valence-corrected chi connectivity index (χ0v) is 63.3. The average Bonchev–Trinajstić information content (AvgIpc) is 1.64. The van der Waals surface area contributed by atoms with Crippen molar-refractivity contribution in [3.8, 4) is 0 Å². The van der Waals surface area contributed by atoms with Gasteiger partial charge in [-0.3, -0.25) is 49.9 Å². The van der Waals surface area contributed by atoms with Crippen LogP contribution >= 0.6 is 27.3 Å². The van der Waals surface area contributed by atoms with Gasteiger partial charge in [0.15, 0.2) is 92.8 Å². The van der Waals surface area contributed by atoms with Gasteiger partial charge in [-0.2, -0.15) is 33.6 Å². The molecule has 4 saturated heterocycles. The fourth-order valence-corrected chi connectivity index (χ4v) is 12.8. The van der Waals surface area contributed by atoms with Crippen LogP contribution in [-0.4, -0.2) is 288 Å². The highest BCUT2D eigenvalue weighted by molar-refractivity contribution is 9.10. The quantitative estimate of drug-likeness (QED) is 0.0331. The van der Waals surface area contributed by atoms with Gasteiger partial charge in [0.1, 0.15) is 98.6 Å². The van der Waals surface area contributed by atoms with E-state index in [4.69, 9.17) is 18.9 Å². The Morgan fingerprint density at radius 1 is 0.453 bits per heavy atom. The maximum atomic E-state index is 12.6. The van der Waals surface area contributed by atoms with Gasteiger partial charge in [-0.1, -0.05) is 30.3 Å². The number of hydrogen-bond acceptors (Lipinski definition) is 40. The molecule has 14 heterocycles. The molecule has 0 bridgehead atoms. The Hall–Kier alpha value is -11.5. The standard InChI is InChI=1S/C21H25N7O4.C18H17F3N6O4.C16H16BrN7O4.C14H15N7O4S/c1-27(2)14-7-5-13(6-8-14)4-3-9-25-26-19-16-20(23-11-22-19)28(12-24-16)21-18(31)17(30)15(10-29)32-21;19-18(20,21)10-3-1-9(2-4-10)5-25-26-15-12-16(23-7-22-15)27(8-24-12)17-14(30)13(29)11(6-28)31-17;17-8-1-2-9(18-3-8)4-22-23-14-11-15(20-6-19-14)24(7-21-11)16-13(27)12(26)10(5-25)28-16;22-3-8-10(23)11(24)14(25-8)21-5-18-9-12(16-4-17-13(9)21)20-19-2-7-1-15-6-26-7/h3-9,11-12,15,17-18,21,29-31H,10H2,1-2H3,(H,22,23,26);1-5,7-8,11,13-14,17,28-30H,6H2,(H,22,23,26);1-4,6-7,10,12-13,16,25-27H,5H2,(H,19,20,23);1-2,4-6,8,10-11,14,22-24H,3H2,(H,16,17,20)/b4-3+,25-9+;25-5+;22-4+;19-2+/t15-,17?,18+,21-;11-,13?,14+,17-;10-,12?,13+,16-;8-,10?,11+,14-/m1111/s1. The van der Waals surface area contributed by atoms with Gasteiger partial charge >= 0.3 is 6.18 Å². The van der Waals surface area contributed by atoms with E-state index >= 15 is 0 Å². The van der Waals surface area contributed by atoms with Gasteiger partial charge in [0.05, 0.1) is 92.0 Å². The SMILES string of the molecule is CN(C)c1ccc(/C=C/C=N/Nc2ncnc3c2ncn3[C@@H]2O[C@H](CO)C(O)[C@@H]2O)cc1.OC[C@H]1O[C@@H](n2cnc3c(N/N=C/c4ccc(Br)cn4)ncnc32)[C@@H](O)C1O.OC[C@H]1O[C@@H](n2cnc3c(N/N=C/c4ccc(C(F)(F)F)cc4)ncnc32)[C@@H](O)C1O.OC[C@H]1O[C@@H](n2cnc3c(N/N=C/c4cncs4)ncnc32)[C@@H](O)C1O. The number of allylic oxidation sites excluding steroid dienone is 1. The average molecular weight is 1710 g/mol. The fourth-order valence-electron chi connectivity index (χ4n) is 12.1. The molecular formula is C69H73BrF3N27O16S. The number of aliphatic hydroxyl groups excluding tert-OH is 12. The van der Waals surface area contributed by atoms with Crippen molar-refractivity contribution in [2.45, 2.75) is 104 Å². The van der Waals surface area contributed by atoms with E-state index in [1.54, 1.807) is 42.5 Å². The first-order chi connectivity index (χ1) is 56.5. The number of aromatic nitrogens is 18. The van der Waals surface area contributed by atoms with Crippen molar-refractivity contribution in [2.24, 2.45) is 20.4 Å². The number of hydrogen-bond donors (Lipinski definition) is 16. The van der Waals surface area contributed by atoms with E-state index in [-0.39, 0.29) is 17.0 Å². The molecule has 16 rings (SSSR count). The molecule has 4 unspecified atom stereocenters. The number of fused-ring (bicyclic) bond motifs is 4. The van der Waals surface area contributed by atoms with Gasteiger partial charge in [0.2, 0.25) is 0 Å². The summed E-state index contributed by atoms with van der Waals surface area (Å²) in [6.07, 6.45) is 2.22. The van der Waals surface area contributed by atoms with Crippen LogP contribution in [0.3, 0.4) is 0 Å². The summed E-state index contributed by atoms with van der Waals surface area (Å²) in [5.74, 6) is 1.31. The van der Waals surface area contributed by atoms with Crippen LogP contribution in [0.25, 0.3) is 50.7 Å². The number of ether oxygens (including phenoxy) is 4. The summed E-state index contributed by atoms with van der Waals surface area (Å²) in [6.45, 7) is -1.70. The minimum Gasteiger partial charge on any atom is -0.394 e. The number of aliphatic hydroxyl groups is 12. The molecule has 0 amide bonds. The van der Waals surface area contributed by atoms with E-state index in [0.29, 0.717) is 62.2 Å². The predicted octanol–water partition coefficient (Wildman–Crippen LogP) is 0.899. The zero-order valence-electron chi connectivity index (χ0n) is 60.9. The highest BCUT2D eigenvalue weighted by atomic mass is 79.9. The molecular weight excluding hydrogens is 1630 g/mol. The Labute approximate surface area is 669 Å². The van der Waals surface area contributed by atoms with Crippen LogP contribution in [0.2, 0.25) is 0 Å². The van der Waals surface area contributed by atoms with Crippen LogP contribution in [0.4, 0.5) is 42.1 Å². The normalized spacial score (nSPS) is 24.7. The Morgan fingerprint density at radius 3 is 1.17 bits per heavy atom. The maximum Gasteiger partial charge on any atom is 0.416 e. The highest BCUT2D eigenvalue weighted by Gasteiger charge is 2.48. The van der Waals surface area contributed by atoms with Gasteiger partial charge in [-0.25, -0.2) is 59.8 Å². The molecule has 2 aromatic carbocycles. The van der Waals surface area contributed by atoms with E-state index in [9.17, 15) is 74.4 Å². The second-order valence-corrected chi connectivity index (χ2v) is 27.7. The lowest BCUT2D eigenvalue weighted by molar-refractivity contribution is -0.137. The second-order valence-electron chi connectivity index (χ2n) is 25.9. The minimum atomic E-state index is -4.41. The van der Waals surface area contributed by atoms with Crippen LogP contribution in [-0.2, 0) is 25.1 Å². The molecule has 10 aromatic heterocycles. The van der Waals surface area contributed by atoms with E-state index in [1.807, 2.05) is 55.4 Å². The summed E-state index contributed by atoms with van der Waals surface area (Å²) >= 11 is 4.76. The largest absolute Gasteiger partial charge is 0.416 e. The summed E-state index contributed by atoms with van der Waals surface area (Å²) < 4.78 is 66.7. The molecule has 0 radical (unpaired) electrons. The molecule has 16 N–H and O–H groups in total. The summed E-state index contributed by atoms with van der Waals surface area (Å²) in [7, 11) is 3.99. The van der Waals surface area contributed by atoms with Crippen LogP contribution in [0, 0.1) is 0 Å². The lowest BCUT2D eigenvalue weighted by Crippen LogP contribution is -2.33. The van der Waals surface area contributed by atoms with Gasteiger partial charge in [0, 0.05) is 42.9 Å². The minimum absolute atomic E-state index is 0.207. The molecule has 12 aromatic rings. The van der Waals surface area contributed by atoms with Crippen molar-refractivity contribution >= 4 is 132 Å². The Bertz CT molecular complexity index is 5450. The van der Waals surface area contributed by atoms with Crippen molar-refractivity contribution in [3.63, 3.8) is 0 Å². The molecule has 614 valence electrons. The molecule has 43 nitrogen and oxygen atoms in total. The number of pyridine rings is 1. The number of hydrazone groups is 4. The topological polar surface area (TPSA) is 581 Å². The van der Waals surface area contributed by atoms with Crippen LogP contribution in [0.1, 0.15) is 52.2 Å². The number of benzene rings is 2. The van der Waals surface area contributed by atoms with Crippen molar-refractivity contribution in [2.75, 3.05) is 67.1 Å². The first-order valence-electron chi connectivity index (χ1n) is 35.0. The first-order valence-corrected chi connectivity index (χ1v) is 36.7. The summed E-state index contributed by atoms with van der Waals surface area (Å²) in [4.78, 5) is 61.1. The number of nitrogens with zero attached hydrogens (tertiary/aromatic N) is 23. The van der Waals surface area contributed by atoms with Gasteiger partial charge < -0.3 is 85.1 Å². The predicted molar refractivity (Wildman–Crippen MR) is 414 cm³/mol. The number of imidazole rings is 4. The number of anilines is 5. The van der Waals surface area contributed by atoms with E-state index in [2.05, 4.69) is 128 Å².